The molecule has 0 aromatic heterocycles. The number of anilines is 1. The van der Waals surface area contributed by atoms with Crippen molar-refractivity contribution in [3.05, 3.63) is 65.7 Å². The number of carboxylic acids is 1. The van der Waals surface area contributed by atoms with Crippen molar-refractivity contribution in [3.63, 3.8) is 0 Å². The number of ether oxygens (including phenoxy) is 1. The summed E-state index contributed by atoms with van der Waals surface area (Å²) >= 11 is 0. The van der Waals surface area contributed by atoms with E-state index in [9.17, 15) is 24.4 Å². The number of hydrogen-bond donors (Lipinski definition) is 4. The maximum absolute atomic E-state index is 13.6. The zero-order chi connectivity index (χ0) is 28.0. The van der Waals surface area contributed by atoms with Crippen LogP contribution in [0, 0.1) is 5.92 Å². The Kier molecular flexibility index (Phi) is 8.72. The summed E-state index contributed by atoms with van der Waals surface area (Å²) in [4.78, 5) is 51.8. The lowest BCUT2D eigenvalue weighted by atomic mass is 9.89. The molecule has 3 rings (SSSR count). The van der Waals surface area contributed by atoms with Crippen LogP contribution < -0.4 is 10.6 Å². The Balaban J connectivity index is 1.86. The third-order valence-corrected chi connectivity index (χ3v) is 6.06. The van der Waals surface area contributed by atoms with Crippen molar-refractivity contribution in [2.45, 2.75) is 51.8 Å². The number of hydrogen-bond acceptors (Lipinski definition) is 7. The lowest BCUT2D eigenvalue weighted by Gasteiger charge is -2.32. The molecule has 3 amide bonds. The molecule has 1 aliphatic rings. The van der Waals surface area contributed by atoms with Gasteiger partial charge in [-0.3, -0.25) is 4.79 Å². The Morgan fingerprint density at radius 2 is 1.76 bits per heavy atom. The molecule has 3 unspecified atom stereocenters. The van der Waals surface area contributed by atoms with Gasteiger partial charge in [-0.2, -0.15) is 0 Å². The van der Waals surface area contributed by atoms with E-state index in [1.54, 1.807) is 39.8 Å². The number of aromatic carboxylic acids is 1. The Morgan fingerprint density at radius 3 is 2.37 bits per heavy atom. The van der Waals surface area contributed by atoms with Crippen molar-refractivity contribution in [3.8, 4) is 0 Å². The average molecular weight is 525 g/mol. The van der Waals surface area contributed by atoms with Gasteiger partial charge in [-0.15, -0.1) is 0 Å². The molecule has 3 atom stereocenters. The van der Waals surface area contributed by atoms with Crippen molar-refractivity contribution < 1.29 is 34.2 Å². The van der Waals surface area contributed by atoms with E-state index in [4.69, 9.17) is 9.84 Å². The van der Waals surface area contributed by atoms with Gasteiger partial charge in [0.2, 0.25) is 5.91 Å². The highest BCUT2D eigenvalue weighted by atomic mass is 16.6. The first-order chi connectivity index (χ1) is 17.9. The number of likely N-dealkylation sites (tertiary alicyclic amines) is 1. The number of esters is 1. The zero-order valence-corrected chi connectivity index (χ0v) is 21.7. The minimum absolute atomic E-state index is 0.00573. The van der Waals surface area contributed by atoms with Gasteiger partial charge < -0.3 is 30.6 Å². The van der Waals surface area contributed by atoms with Gasteiger partial charge in [-0.05, 0) is 57.9 Å². The molecule has 202 valence electrons. The molecule has 1 saturated heterocycles. The van der Waals surface area contributed by atoms with E-state index >= 15 is 0 Å². The Bertz CT molecular complexity index is 1220. The zero-order valence-electron chi connectivity index (χ0n) is 21.7. The molecule has 4 N–H and O–H groups in total. The molecular weight excluding hydrogens is 492 g/mol. The number of oxime groups is 1. The van der Waals surface area contributed by atoms with Crippen LogP contribution in [0.25, 0.3) is 0 Å². The number of carbonyl (C=O) groups excluding carboxylic acids is 3. The van der Waals surface area contributed by atoms with Crippen molar-refractivity contribution in [1.29, 1.82) is 0 Å². The normalized spacial score (nSPS) is 19.5. The summed E-state index contributed by atoms with van der Waals surface area (Å²) in [7, 11) is 0. The van der Waals surface area contributed by atoms with Gasteiger partial charge in [-0.25, -0.2) is 14.4 Å². The summed E-state index contributed by atoms with van der Waals surface area (Å²) in [5.41, 5.74) is 0.518. The Hall–Kier alpha value is -4.41. The third kappa shape index (κ3) is 6.87. The molecule has 1 aliphatic heterocycles. The highest BCUT2D eigenvalue weighted by molar-refractivity contribution is 5.96. The van der Waals surface area contributed by atoms with E-state index < -0.39 is 54.0 Å². The fourth-order valence-electron chi connectivity index (χ4n) is 4.45. The highest BCUT2D eigenvalue weighted by Gasteiger charge is 2.49. The van der Waals surface area contributed by atoms with Crippen molar-refractivity contribution >= 4 is 35.3 Å². The minimum atomic E-state index is -1.14. The monoisotopic (exact) mass is 524 g/mol. The average Bonchev–Trinajstić information content (AvgIpc) is 3.27. The standard InChI is InChI=1S/C27H32N4O7/c1-16(30-37)20-14-21(25(35)38-27(2,3)4)31(23(20)17-9-6-5-7-10-17)22(32)15-28-26(36)29-19-12-8-11-18(13-19)24(33)34/h5-13,20-21,23,37H,14-15H2,1-4H3,(H,33,34)(H2,28,29,36). The number of amides is 3. The largest absolute Gasteiger partial charge is 0.478 e. The molecule has 0 bridgehead atoms. The van der Waals surface area contributed by atoms with Gasteiger partial charge in [0, 0.05) is 11.6 Å². The number of benzene rings is 2. The molecule has 11 nitrogen and oxygen atoms in total. The second-order valence-electron chi connectivity index (χ2n) is 9.98. The summed E-state index contributed by atoms with van der Waals surface area (Å²) in [6.45, 7) is 6.35. The molecule has 0 saturated carbocycles. The minimum Gasteiger partial charge on any atom is -0.478 e. The van der Waals surface area contributed by atoms with Crippen LogP contribution >= 0.6 is 0 Å². The van der Waals surface area contributed by atoms with Crippen LogP contribution in [0.15, 0.2) is 59.8 Å². The molecule has 2 aromatic carbocycles. The summed E-state index contributed by atoms with van der Waals surface area (Å²) < 4.78 is 5.60. The Morgan fingerprint density at radius 1 is 1.08 bits per heavy atom. The van der Waals surface area contributed by atoms with E-state index in [0.717, 1.165) is 5.56 Å². The molecule has 0 spiro atoms. The van der Waals surface area contributed by atoms with Crippen LogP contribution in [-0.4, -0.2) is 63.0 Å². The first-order valence-electron chi connectivity index (χ1n) is 12.1. The highest BCUT2D eigenvalue weighted by Crippen LogP contribution is 2.42. The summed E-state index contributed by atoms with van der Waals surface area (Å²) in [6, 6.07) is 12.4. The molecule has 0 aliphatic carbocycles. The first-order valence-corrected chi connectivity index (χ1v) is 12.1. The number of urea groups is 1. The lowest BCUT2D eigenvalue weighted by molar-refractivity contribution is -0.164. The van der Waals surface area contributed by atoms with E-state index in [0.29, 0.717) is 5.71 Å². The molecule has 0 radical (unpaired) electrons. The smallest absolute Gasteiger partial charge is 0.335 e. The van der Waals surface area contributed by atoms with E-state index in [1.807, 2.05) is 18.2 Å². The quantitative estimate of drug-likeness (QED) is 0.186. The van der Waals surface area contributed by atoms with Gasteiger partial charge in [0.25, 0.3) is 0 Å². The number of carbonyl (C=O) groups is 4. The van der Waals surface area contributed by atoms with Crippen LogP contribution in [0.1, 0.15) is 56.1 Å². The predicted octanol–water partition coefficient (Wildman–Crippen LogP) is 3.66. The maximum atomic E-state index is 13.6. The summed E-state index contributed by atoms with van der Waals surface area (Å²) in [5, 5.41) is 27.0. The van der Waals surface area contributed by atoms with Gasteiger partial charge in [0.05, 0.1) is 23.9 Å². The topological polar surface area (TPSA) is 158 Å². The predicted molar refractivity (Wildman–Crippen MR) is 139 cm³/mol. The second kappa shape index (κ2) is 11.8. The maximum Gasteiger partial charge on any atom is 0.335 e. The fraction of sp³-hybridized carbons (Fsp3) is 0.370. The molecule has 2 aromatic rings. The van der Waals surface area contributed by atoms with E-state index in [2.05, 4.69) is 15.8 Å². The molecular formula is C27H32N4O7. The van der Waals surface area contributed by atoms with Gasteiger partial charge in [0.15, 0.2) is 0 Å². The van der Waals surface area contributed by atoms with Gasteiger partial charge in [-0.1, -0.05) is 41.6 Å². The molecule has 38 heavy (non-hydrogen) atoms. The van der Waals surface area contributed by atoms with Crippen LogP contribution in [0.4, 0.5) is 10.5 Å². The number of rotatable bonds is 7. The first kappa shape index (κ1) is 28.2. The van der Waals surface area contributed by atoms with Crippen LogP contribution in [0.5, 0.6) is 0 Å². The van der Waals surface area contributed by atoms with E-state index in [1.165, 1.54) is 29.2 Å². The number of nitrogens with zero attached hydrogens (tertiary/aromatic N) is 2. The second-order valence-corrected chi connectivity index (χ2v) is 9.98. The summed E-state index contributed by atoms with van der Waals surface area (Å²) in [6.07, 6.45) is 0.171. The van der Waals surface area contributed by atoms with Gasteiger partial charge >= 0.3 is 18.0 Å². The van der Waals surface area contributed by atoms with Crippen molar-refractivity contribution in [1.82, 2.24) is 10.2 Å². The van der Waals surface area contributed by atoms with Crippen molar-refractivity contribution in [2.24, 2.45) is 11.1 Å². The Labute approximate surface area is 220 Å². The molecule has 1 fully saturated rings. The third-order valence-electron chi connectivity index (χ3n) is 6.06. The summed E-state index contributed by atoms with van der Waals surface area (Å²) in [5.74, 6) is -2.77. The van der Waals surface area contributed by atoms with Crippen LogP contribution in [0.3, 0.4) is 0 Å². The molecule has 11 heteroatoms. The fourth-order valence-corrected chi connectivity index (χ4v) is 4.45. The van der Waals surface area contributed by atoms with Crippen LogP contribution in [-0.2, 0) is 14.3 Å². The molecule has 1 heterocycles. The van der Waals surface area contributed by atoms with Crippen molar-refractivity contribution in [2.75, 3.05) is 11.9 Å². The SMILES string of the molecule is CC(=NO)C1CC(C(=O)OC(C)(C)C)N(C(=O)CNC(=O)Nc2cccc(C(=O)O)c2)C1c1ccccc1. The number of nitrogens with one attached hydrogen (secondary N) is 2. The van der Waals surface area contributed by atoms with Gasteiger partial charge in [0.1, 0.15) is 11.6 Å². The lowest BCUT2D eigenvalue weighted by Crippen LogP contribution is -2.48. The number of carboxylic acid groups (broad SMARTS) is 1. The van der Waals surface area contributed by atoms with Crippen LogP contribution in [0.2, 0.25) is 0 Å². The van der Waals surface area contributed by atoms with E-state index in [-0.39, 0.29) is 17.7 Å².